The predicted octanol–water partition coefficient (Wildman–Crippen LogP) is 2.78. The van der Waals surface area contributed by atoms with Crippen molar-refractivity contribution in [3.63, 3.8) is 0 Å². The third-order valence-corrected chi connectivity index (χ3v) is 3.50. The van der Waals surface area contributed by atoms with Crippen molar-refractivity contribution in [2.24, 2.45) is 0 Å². The van der Waals surface area contributed by atoms with Crippen molar-refractivity contribution >= 4 is 27.8 Å². The van der Waals surface area contributed by atoms with Gasteiger partial charge in [0.2, 0.25) is 0 Å². The molecule has 0 spiro atoms. The highest BCUT2D eigenvalue weighted by molar-refractivity contribution is 9.10. The molecule has 2 N–H and O–H groups in total. The molecular formula is C13H16BrNO3. The summed E-state index contributed by atoms with van der Waals surface area (Å²) in [7, 11) is 0. The van der Waals surface area contributed by atoms with Crippen LogP contribution in [0.2, 0.25) is 0 Å². The van der Waals surface area contributed by atoms with E-state index in [0.29, 0.717) is 18.4 Å². The van der Waals surface area contributed by atoms with E-state index in [1.807, 2.05) is 6.92 Å². The minimum atomic E-state index is -1.39. The summed E-state index contributed by atoms with van der Waals surface area (Å²) in [5, 5.41) is 11.7. The Labute approximate surface area is 115 Å². The molecule has 0 aliphatic rings. The molecule has 0 saturated heterocycles. The summed E-state index contributed by atoms with van der Waals surface area (Å²) in [5.74, 6) is -1.48. The SMILES string of the molecule is CCCCC(Br)(NC(=O)c1ccccc1)C(=O)O. The van der Waals surface area contributed by atoms with Crippen LogP contribution in [0.4, 0.5) is 0 Å². The molecule has 1 aromatic carbocycles. The van der Waals surface area contributed by atoms with Crippen LogP contribution < -0.4 is 5.32 Å². The van der Waals surface area contributed by atoms with Gasteiger partial charge in [-0.3, -0.25) is 4.79 Å². The van der Waals surface area contributed by atoms with Gasteiger partial charge in [0, 0.05) is 5.56 Å². The molecule has 18 heavy (non-hydrogen) atoms. The molecule has 4 nitrogen and oxygen atoms in total. The lowest BCUT2D eigenvalue weighted by Crippen LogP contribution is -2.49. The molecule has 1 aromatic rings. The fourth-order valence-corrected chi connectivity index (χ4v) is 1.95. The van der Waals surface area contributed by atoms with Crippen molar-refractivity contribution in [1.82, 2.24) is 5.32 Å². The van der Waals surface area contributed by atoms with Crippen molar-refractivity contribution in [2.75, 3.05) is 0 Å². The Kier molecular flexibility index (Phi) is 5.34. The number of halogens is 1. The van der Waals surface area contributed by atoms with Crippen molar-refractivity contribution in [3.8, 4) is 0 Å². The number of aliphatic carboxylic acids is 1. The van der Waals surface area contributed by atoms with E-state index in [0.717, 1.165) is 6.42 Å². The van der Waals surface area contributed by atoms with Gasteiger partial charge in [0.05, 0.1) is 0 Å². The maximum atomic E-state index is 11.9. The fourth-order valence-electron chi connectivity index (χ4n) is 1.48. The lowest BCUT2D eigenvalue weighted by atomic mass is 10.1. The van der Waals surface area contributed by atoms with E-state index in [9.17, 15) is 14.7 Å². The van der Waals surface area contributed by atoms with E-state index in [1.54, 1.807) is 30.3 Å². The van der Waals surface area contributed by atoms with E-state index >= 15 is 0 Å². The Morgan fingerprint density at radius 3 is 2.44 bits per heavy atom. The molecule has 0 heterocycles. The van der Waals surface area contributed by atoms with Crippen molar-refractivity contribution in [1.29, 1.82) is 0 Å². The average Bonchev–Trinajstić information content (AvgIpc) is 2.37. The average molecular weight is 314 g/mol. The number of amides is 1. The van der Waals surface area contributed by atoms with Crippen LogP contribution in [0.3, 0.4) is 0 Å². The number of hydrogen-bond donors (Lipinski definition) is 2. The minimum absolute atomic E-state index is 0.345. The van der Waals surface area contributed by atoms with Gasteiger partial charge in [0.15, 0.2) is 4.45 Å². The summed E-state index contributed by atoms with van der Waals surface area (Å²) in [4.78, 5) is 23.2. The highest BCUT2D eigenvalue weighted by atomic mass is 79.9. The first-order valence-corrected chi connectivity index (χ1v) is 6.59. The summed E-state index contributed by atoms with van der Waals surface area (Å²) in [5.41, 5.74) is 0.444. The third-order valence-electron chi connectivity index (χ3n) is 2.56. The van der Waals surface area contributed by atoms with Crippen LogP contribution in [-0.4, -0.2) is 21.4 Å². The molecular weight excluding hydrogens is 298 g/mol. The number of rotatable bonds is 6. The molecule has 0 fully saturated rings. The summed E-state index contributed by atoms with van der Waals surface area (Å²) in [6.45, 7) is 1.97. The van der Waals surface area contributed by atoms with Crippen molar-refractivity contribution in [3.05, 3.63) is 35.9 Å². The van der Waals surface area contributed by atoms with Gasteiger partial charge in [0.1, 0.15) is 0 Å². The summed E-state index contributed by atoms with van der Waals surface area (Å²) in [6, 6.07) is 8.55. The number of carbonyl (C=O) groups is 2. The van der Waals surface area contributed by atoms with Crippen LogP contribution in [0.1, 0.15) is 36.5 Å². The molecule has 1 rings (SSSR count). The highest BCUT2D eigenvalue weighted by Gasteiger charge is 2.36. The number of benzene rings is 1. The van der Waals surface area contributed by atoms with Gasteiger partial charge in [-0.15, -0.1) is 0 Å². The van der Waals surface area contributed by atoms with E-state index in [-0.39, 0.29) is 0 Å². The first-order valence-electron chi connectivity index (χ1n) is 5.79. The summed E-state index contributed by atoms with van der Waals surface area (Å²) >= 11 is 3.12. The second-order valence-electron chi connectivity index (χ2n) is 4.03. The normalized spacial score (nSPS) is 13.7. The van der Waals surface area contributed by atoms with Gasteiger partial charge in [-0.05, 0) is 40.9 Å². The largest absolute Gasteiger partial charge is 0.479 e. The first kappa shape index (κ1) is 14.7. The zero-order chi connectivity index (χ0) is 13.6. The molecule has 0 bridgehead atoms. The van der Waals surface area contributed by atoms with Crippen molar-refractivity contribution < 1.29 is 14.7 Å². The number of unbranched alkanes of at least 4 members (excludes halogenated alkanes) is 1. The Hall–Kier alpha value is -1.36. The number of carbonyl (C=O) groups excluding carboxylic acids is 1. The third kappa shape index (κ3) is 3.84. The van der Waals surface area contributed by atoms with E-state index in [2.05, 4.69) is 21.2 Å². The lowest BCUT2D eigenvalue weighted by molar-refractivity contribution is -0.140. The zero-order valence-electron chi connectivity index (χ0n) is 10.1. The standard InChI is InChI=1S/C13H16BrNO3/c1-2-3-9-13(14,12(17)18)15-11(16)10-7-5-4-6-8-10/h4-8H,2-3,9H2,1H3,(H,15,16)(H,17,18). The van der Waals surface area contributed by atoms with Crippen LogP contribution in [0, 0.1) is 0 Å². The molecule has 0 aromatic heterocycles. The number of hydrogen-bond acceptors (Lipinski definition) is 2. The quantitative estimate of drug-likeness (QED) is 0.627. The Bertz CT molecular complexity index is 422. The van der Waals surface area contributed by atoms with Crippen LogP contribution >= 0.6 is 15.9 Å². The van der Waals surface area contributed by atoms with Crippen LogP contribution in [0.5, 0.6) is 0 Å². The monoisotopic (exact) mass is 313 g/mol. The first-order chi connectivity index (χ1) is 8.49. The van der Waals surface area contributed by atoms with Gasteiger partial charge in [-0.25, -0.2) is 4.79 Å². The predicted molar refractivity (Wildman–Crippen MR) is 72.7 cm³/mol. The highest BCUT2D eigenvalue weighted by Crippen LogP contribution is 2.23. The number of alkyl halides is 1. The lowest BCUT2D eigenvalue weighted by Gasteiger charge is -2.24. The zero-order valence-corrected chi connectivity index (χ0v) is 11.7. The summed E-state index contributed by atoms with van der Waals surface area (Å²) < 4.78 is -1.39. The van der Waals surface area contributed by atoms with Gasteiger partial charge in [0.25, 0.3) is 5.91 Å². The fraction of sp³-hybridized carbons (Fsp3) is 0.385. The van der Waals surface area contributed by atoms with E-state index in [1.165, 1.54) is 0 Å². The Balaban J connectivity index is 2.78. The second-order valence-corrected chi connectivity index (χ2v) is 5.38. The molecule has 1 unspecified atom stereocenters. The smallest absolute Gasteiger partial charge is 0.340 e. The van der Waals surface area contributed by atoms with E-state index < -0.39 is 16.3 Å². The molecule has 5 heteroatoms. The topological polar surface area (TPSA) is 66.4 Å². The number of carboxylic acid groups (broad SMARTS) is 1. The van der Waals surface area contributed by atoms with Gasteiger partial charge in [-0.1, -0.05) is 31.5 Å². The maximum Gasteiger partial charge on any atom is 0.340 e. The number of carboxylic acids is 1. The van der Waals surface area contributed by atoms with E-state index in [4.69, 9.17) is 0 Å². The van der Waals surface area contributed by atoms with Crippen LogP contribution in [-0.2, 0) is 4.79 Å². The van der Waals surface area contributed by atoms with Gasteiger partial charge < -0.3 is 10.4 Å². The van der Waals surface area contributed by atoms with Crippen LogP contribution in [0.25, 0.3) is 0 Å². The van der Waals surface area contributed by atoms with Gasteiger partial charge in [-0.2, -0.15) is 0 Å². The van der Waals surface area contributed by atoms with Gasteiger partial charge >= 0.3 is 5.97 Å². The molecule has 1 amide bonds. The Morgan fingerprint density at radius 1 is 1.33 bits per heavy atom. The van der Waals surface area contributed by atoms with Crippen molar-refractivity contribution in [2.45, 2.75) is 30.6 Å². The molecule has 0 aliphatic heterocycles. The maximum absolute atomic E-state index is 11.9. The molecule has 0 radical (unpaired) electrons. The second kappa shape index (κ2) is 6.54. The molecule has 0 aliphatic carbocycles. The Morgan fingerprint density at radius 2 is 1.94 bits per heavy atom. The van der Waals surface area contributed by atoms with Crippen LogP contribution in [0.15, 0.2) is 30.3 Å². The number of nitrogens with one attached hydrogen (secondary N) is 1. The molecule has 0 saturated carbocycles. The summed E-state index contributed by atoms with van der Waals surface area (Å²) in [6.07, 6.45) is 1.92. The molecule has 98 valence electrons. The molecule has 1 atom stereocenters. The minimum Gasteiger partial charge on any atom is -0.479 e.